The van der Waals surface area contributed by atoms with Crippen LogP contribution in [0, 0.1) is 5.92 Å². The van der Waals surface area contributed by atoms with E-state index in [9.17, 15) is 9.59 Å². The lowest BCUT2D eigenvalue weighted by Gasteiger charge is -2.33. The first-order valence-corrected chi connectivity index (χ1v) is 10.8. The molecule has 7 heteroatoms. The summed E-state index contributed by atoms with van der Waals surface area (Å²) < 4.78 is 0. The van der Waals surface area contributed by atoms with Gasteiger partial charge in [-0.2, -0.15) is 0 Å². The Morgan fingerprint density at radius 1 is 1.13 bits per heavy atom. The lowest BCUT2D eigenvalue weighted by Crippen LogP contribution is -2.54. The van der Waals surface area contributed by atoms with E-state index in [4.69, 9.17) is 11.6 Å². The number of aromatic nitrogens is 1. The van der Waals surface area contributed by atoms with Crippen LogP contribution >= 0.6 is 11.6 Å². The van der Waals surface area contributed by atoms with E-state index in [2.05, 4.69) is 20.5 Å². The van der Waals surface area contributed by atoms with Crippen LogP contribution in [-0.2, 0) is 11.3 Å². The summed E-state index contributed by atoms with van der Waals surface area (Å²) in [6.07, 6.45) is 3.58. The number of hydrogen-bond acceptors (Lipinski definition) is 4. The Balaban J connectivity index is 1.50. The number of benzene rings is 1. The summed E-state index contributed by atoms with van der Waals surface area (Å²) in [5, 5.41) is 6.57. The number of halogens is 1. The number of hydrogen-bond donors (Lipinski definition) is 2. The molecule has 1 aliphatic heterocycles. The minimum Gasteiger partial charge on any atom is -0.351 e. The van der Waals surface area contributed by atoms with E-state index in [0.29, 0.717) is 10.6 Å². The van der Waals surface area contributed by atoms with Gasteiger partial charge in [-0.15, -0.1) is 0 Å². The highest BCUT2D eigenvalue weighted by atomic mass is 35.5. The third-order valence-electron chi connectivity index (χ3n) is 5.39. The van der Waals surface area contributed by atoms with Crippen LogP contribution < -0.4 is 10.6 Å². The molecule has 2 aromatic rings. The molecule has 30 heavy (non-hydrogen) atoms. The molecule has 1 atom stereocenters. The normalized spacial score (nSPS) is 16.3. The van der Waals surface area contributed by atoms with Crippen LogP contribution in [0.25, 0.3) is 0 Å². The van der Waals surface area contributed by atoms with Crippen molar-refractivity contribution in [3.8, 4) is 0 Å². The van der Waals surface area contributed by atoms with Gasteiger partial charge in [-0.1, -0.05) is 31.5 Å². The highest BCUT2D eigenvalue weighted by Crippen LogP contribution is 2.15. The number of nitrogens with zero attached hydrogens (tertiary/aromatic N) is 2. The molecule has 0 radical (unpaired) electrons. The van der Waals surface area contributed by atoms with Crippen molar-refractivity contribution in [3.63, 3.8) is 0 Å². The maximum atomic E-state index is 12.9. The zero-order chi connectivity index (χ0) is 21.5. The Hall–Kier alpha value is -2.44. The standard InChI is InChI=1S/C23H29ClN4O2/c1-16(2)21(27-22(29)17-6-8-18(24)9-7-17)23(30)26-19-10-13-28(14-11-19)15-20-5-3-4-12-25-20/h3-9,12,16,19,21H,10-11,13-15H2,1-2H3,(H,26,30)(H,27,29). The monoisotopic (exact) mass is 428 g/mol. The maximum absolute atomic E-state index is 12.9. The van der Waals surface area contributed by atoms with Gasteiger partial charge in [0.25, 0.3) is 5.91 Å². The second-order valence-corrected chi connectivity index (χ2v) is 8.52. The highest BCUT2D eigenvalue weighted by Gasteiger charge is 2.28. The average Bonchev–Trinajstić information content (AvgIpc) is 2.74. The maximum Gasteiger partial charge on any atom is 0.251 e. The van der Waals surface area contributed by atoms with Crippen LogP contribution in [0.1, 0.15) is 42.7 Å². The van der Waals surface area contributed by atoms with E-state index in [1.54, 1.807) is 24.3 Å². The molecule has 2 heterocycles. The molecule has 2 N–H and O–H groups in total. The van der Waals surface area contributed by atoms with Crippen molar-refractivity contribution >= 4 is 23.4 Å². The molecule has 160 valence electrons. The average molecular weight is 429 g/mol. The number of carbonyl (C=O) groups excluding carboxylic acids is 2. The van der Waals surface area contributed by atoms with Crippen LogP contribution in [0.15, 0.2) is 48.7 Å². The number of likely N-dealkylation sites (tertiary alicyclic amines) is 1. The first-order valence-electron chi connectivity index (χ1n) is 10.4. The van der Waals surface area contributed by atoms with Crippen LogP contribution in [0.5, 0.6) is 0 Å². The van der Waals surface area contributed by atoms with E-state index >= 15 is 0 Å². The van der Waals surface area contributed by atoms with Gasteiger partial charge in [0.1, 0.15) is 6.04 Å². The summed E-state index contributed by atoms with van der Waals surface area (Å²) in [6, 6.07) is 12.1. The molecular weight excluding hydrogens is 400 g/mol. The second-order valence-electron chi connectivity index (χ2n) is 8.08. The van der Waals surface area contributed by atoms with E-state index in [0.717, 1.165) is 38.2 Å². The molecule has 1 unspecified atom stereocenters. The van der Waals surface area contributed by atoms with Gasteiger partial charge in [0.15, 0.2) is 0 Å². The molecule has 1 aromatic heterocycles. The molecule has 2 amide bonds. The lowest BCUT2D eigenvalue weighted by atomic mass is 10.00. The first kappa shape index (κ1) is 22.2. The van der Waals surface area contributed by atoms with Crippen LogP contribution in [0.3, 0.4) is 0 Å². The van der Waals surface area contributed by atoms with Gasteiger partial charge >= 0.3 is 0 Å². The Morgan fingerprint density at radius 2 is 1.83 bits per heavy atom. The van der Waals surface area contributed by atoms with Crippen LogP contribution in [0.2, 0.25) is 5.02 Å². The molecule has 1 aromatic carbocycles. The topological polar surface area (TPSA) is 74.3 Å². The molecule has 0 spiro atoms. The third kappa shape index (κ3) is 6.28. The van der Waals surface area contributed by atoms with Crippen molar-refractivity contribution in [2.75, 3.05) is 13.1 Å². The van der Waals surface area contributed by atoms with Crippen molar-refractivity contribution in [2.24, 2.45) is 5.92 Å². The van der Waals surface area contributed by atoms with Gasteiger partial charge in [-0.05, 0) is 55.2 Å². The predicted octanol–water partition coefficient (Wildman–Crippen LogP) is 3.27. The lowest BCUT2D eigenvalue weighted by molar-refractivity contribution is -0.125. The van der Waals surface area contributed by atoms with Gasteiger partial charge in [0, 0.05) is 42.5 Å². The Bertz CT molecular complexity index is 834. The van der Waals surface area contributed by atoms with Gasteiger partial charge in [0.2, 0.25) is 5.91 Å². The van der Waals surface area contributed by atoms with Crippen LogP contribution in [-0.4, -0.2) is 46.9 Å². The minimum absolute atomic E-state index is 0.0227. The quantitative estimate of drug-likeness (QED) is 0.709. The third-order valence-corrected chi connectivity index (χ3v) is 5.64. The molecular formula is C23H29ClN4O2. The molecule has 0 aliphatic carbocycles. The summed E-state index contributed by atoms with van der Waals surface area (Å²) in [7, 11) is 0. The predicted molar refractivity (Wildman–Crippen MR) is 118 cm³/mol. The number of amides is 2. The van der Waals surface area contributed by atoms with Gasteiger partial charge in [-0.25, -0.2) is 0 Å². The van der Waals surface area contributed by atoms with E-state index in [-0.39, 0.29) is 23.8 Å². The number of pyridine rings is 1. The SMILES string of the molecule is CC(C)C(NC(=O)c1ccc(Cl)cc1)C(=O)NC1CCN(Cc2ccccn2)CC1. The summed E-state index contributed by atoms with van der Waals surface area (Å²) in [5.41, 5.74) is 1.55. The fourth-order valence-electron chi connectivity index (χ4n) is 3.61. The molecule has 1 aliphatic rings. The van der Waals surface area contributed by atoms with Crippen molar-refractivity contribution in [2.45, 2.75) is 45.3 Å². The molecule has 6 nitrogen and oxygen atoms in total. The zero-order valence-electron chi connectivity index (χ0n) is 17.5. The molecule has 3 rings (SSSR count). The Labute approximate surface area is 183 Å². The van der Waals surface area contributed by atoms with E-state index < -0.39 is 6.04 Å². The van der Waals surface area contributed by atoms with Gasteiger partial charge in [-0.3, -0.25) is 19.5 Å². The largest absolute Gasteiger partial charge is 0.351 e. The number of piperidine rings is 1. The minimum atomic E-state index is -0.584. The zero-order valence-corrected chi connectivity index (χ0v) is 18.2. The molecule has 1 saturated heterocycles. The second kappa shape index (κ2) is 10.5. The number of carbonyl (C=O) groups is 2. The summed E-state index contributed by atoms with van der Waals surface area (Å²) in [4.78, 5) is 32.1. The number of nitrogens with one attached hydrogen (secondary N) is 2. The molecule has 0 saturated carbocycles. The smallest absolute Gasteiger partial charge is 0.251 e. The van der Waals surface area contributed by atoms with Gasteiger partial charge in [0.05, 0.1) is 5.69 Å². The van der Waals surface area contributed by atoms with E-state index in [1.807, 2.05) is 38.2 Å². The van der Waals surface area contributed by atoms with Crippen molar-refractivity contribution in [1.29, 1.82) is 0 Å². The Kier molecular flexibility index (Phi) is 7.82. The van der Waals surface area contributed by atoms with Crippen molar-refractivity contribution < 1.29 is 9.59 Å². The Morgan fingerprint density at radius 3 is 2.43 bits per heavy atom. The highest BCUT2D eigenvalue weighted by molar-refractivity contribution is 6.30. The fraction of sp³-hybridized carbons (Fsp3) is 0.435. The summed E-state index contributed by atoms with van der Waals surface area (Å²) in [6.45, 7) is 6.51. The van der Waals surface area contributed by atoms with E-state index in [1.165, 1.54) is 0 Å². The fourth-order valence-corrected chi connectivity index (χ4v) is 3.73. The van der Waals surface area contributed by atoms with Gasteiger partial charge < -0.3 is 10.6 Å². The number of rotatable bonds is 7. The van der Waals surface area contributed by atoms with Crippen molar-refractivity contribution in [3.05, 3.63) is 64.9 Å². The van der Waals surface area contributed by atoms with Crippen LogP contribution in [0.4, 0.5) is 0 Å². The molecule has 1 fully saturated rings. The van der Waals surface area contributed by atoms with Crippen molar-refractivity contribution in [1.82, 2.24) is 20.5 Å². The first-order chi connectivity index (χ1) is 14.4. The summed E-state index contributed by atoms with van der Waals surface area (Å²) in [5.74, 6) is -0.424. The summed E-state index contributed by atoms with van der Waals surface area (Å²) >= 11 is 5.88. The molecule has 0 bridgehead atoms.